The molecule has 0 aliphatic rings. The van der Waals surface area contributed by atoms with E-state index in [1.165, 1.54) is 6.92 Å². The van der Waals surface area contributed by atoms with Crippen LogP contribution in [0.1, 0.15) is 18.1 Å². The Morgan fingerprint density at radius 3 is 1.39 bits per heavy atom. The number of hydrogen-bond acceptors (Lipinski definition) is 7. The number of benzene rings is 2. The van der Waals surface area contributed by atoms with Crippen LogP contribution in [-0.2, 0) is 22.4 Å². The predicted molar refractivity (Wildman–Crippen MR) is 101 cm³/mol. The minimum Gasteiger partial charge on any atom is -0.255 e. The molecule has 0 aliphatic heterocycles. The first-order valence-corrected chi connectivity index (χ1v) is 9.69. The van der Waals surface area contributed by atoms with Crippen LogP contribution in [0.4, 0.5) is 0 Å². The fourth-order valence-corrected chi connectivity index (χ4v) is 2.54. The summed E-state index contributed by atoms with van der Waals surface area (Å²) in [4.78, 5) is 8.88. The Kier molecular flexibility index (Phi) is 10.8. The van der Waals surface area contributed by atoms with Crippen molar-refractivity contribution in [3.63, 3.8) is 0 Å². The molecule has 0 radical (unpaired) electrons. The molecule has 9 heteroatoms. The molecule has 2 aromatic heterocycles. The molecule has 0 amide bonds. The smallest absolute Gasteiger partial charge is 0.255 e. The number of halogens is 1. The summed E-state index contributed by atoms with van der Waals surface area (Å²) in [6.45, 7) is 1.43. The molecule has 0 unspecified atom stereocenters. The number of rotatable bonds is 0. The van der Waals surface area contributed by atoms with Gasteiger partial charge in [-0.2, -0.15) is 5.26 Å². The number of hydrogen-bond donors (Lipinski definition) is 0. The zero-order valence-corrected chi connectivity index (χ0v) is 18.3. The van der Waals surface area contributed by atoms with Crippen LogP contribution >= 0.6 is 0 Å². The second kappa shape index (κ2) is 12.8. The summed E-state index contributed by atoms with van der Waals surface area (Å²) in [5.74, 6) is 6.49. The van der Waals surface area contributed by atoms with Crippen LogP contribution in [0.2, 0.25) is 0 Å². The van der Waals surface area contributed by atoms with Crippen LogP contribution < -0.4 is 18.6 Å². The largest absolute Gasteiger partial charge is 1.00 e. The Labute approximate surface area is 196 Å². The molecule has 0 bridgehead atoms. The Balaban J connectivity index is 0.000000465. The van der Waals surface area contributed by atoms with Gasteiger partial charge >= 0.3 is 22.4 Å². The summed E-state index contributed by atoms with van der Waals surface area (Å²) < 4.78 is 34.0. The third-order valence-electron chi connectivity index (χ3n) is 3.60. The van der Waals surface area contributed by atoms with Crippen molar-refractivity contribution in [2.45, 2.75) is 6.92 Å². The van der Waals surface area contributed by atoms with Gasteiger partial charge in [-0.1, -0.05) is 48.2 Å². The van der Waals surface area contributed by atoms with Gasteiger partial charge in [0.2, 0.25) is 0 Å². The summed E-state index contributed by atoms with van der Waals surface area (Å²) >= 11 is 0. The summed E-state index contributed by atoms with van der Waals surface area (Å²) in [7, 11) is -4.94. The van der Waals surface area contributed by atoms with E-state index in [2.05, 4.69) is 21.8 Å². The molecule has 160 valence electrons. The SMILES string of the molecule is C(#Cc1cccc2cccnc12)c1cccc2cccnc12.CC#N.[Ag+].[O-][Cl+3]([O-])([O-])[O-]. The molecule has 0 saturated heterocycles. The van der Waals surface area contributed by atoms with Crippen LogP contribution in [0.3, 0.4) is 0 Å². The van der Waals surface area contributed by atoms with Gasteiger partial charge in [0.05, 0.1) is 28.2 Å². The van der Waals surface area contributed by atoms with Crippen LogP contribution in [0.5, 0.6) is 0 Å². The van der Waals surface area contributed by atoms with Crippen LogP contribution in [0.15, 0.2) is 73.1 Å². The number of pyridine rings is 2. The molecule has 2 heterocycles. The van der Waals surface area contributed by atoms with Gasteiger partial charge in [-0.15, -0.1) is 10.2 Å². The first-order chi connectivity index (χ1) is 14.3. The average Bonchev–Trinajstić information content (AvgIpc) is 2.71. The fourth-order valence-electron chi connectivity index (χ4n) is 2.54. The standard InChI is InChI=1S/C20H12N2.C2H3N.Ag.ClHO4/c1-5-15-9-3-13-21-19(15)17(7-1)11-12-18-8-2-6-16-10-4-14-22-20(16)18;1-2-3;;2-1(3,4)5/h1-10,13-14H;1H3;;(H,2,3,4,5)/q;;+1;/p-1. The van der Waals surface area contributed by atoms with E-state index in [4.69, 9.17) is 23.9 Å². The van der Waals surface area contributed by atoms with Gasteiger partial charge in [0.1, 0.15) is 0 Å². The maximum atomic E-state index is 8.49. The van der Waals surface area contributed by atoms with E-state index >= 15 is 0 Å². The third kappa shape index (κ3) is 8.83. The van der Waals surface area contributed by atoms with E-state index in [0.29, 0.717) is 0 Å². The monoisotopic (exact) mass is 527 g/mol. The molecule has 2 aromatic carbocycles. The molecule has 4 aromatic rings. The summed E-state index contributed by atoms with van der Waals surface area (Å²) in [5.41, 5.74) is 3.74. The van der Waals surface area contributed by atoms with Crippen molar-refractivity contribution >= 4 is 21.8 Å². The van der Waals surface area contributed by atoms with Gasteiger partial charge in [0, 0.05) is 30.1 Å². The van der Waals surface area contributed by atoms with Gasteiger partial charge < -0.3 is 0 Å². The van der Waals surface area contributed by atoms with E-state index in [1.807, 2.05) is 60.7 Å². The molecule has 0 aliphatic carbocycles. The zero-order chi connectivity index (χ0) is 22.0. The summed E-state index contributed by atoms with van der Waals surface area (Å²) in [6, 6.07) is 21.8. The first kappa shape index (κ1) is 26.2. The Hall–Kier alpha value is -2.82. The van der Waals surface area contributed by atoms with E-state index in [9.17, 15) is 0 Å². The van der Waals surface area contributed by atoms with Gasteiger partial charge in [-0.3, -0.25) is 9.97 Å². The average molecular weight is 529 g/mol. The summed E-state index contributed by atoms with van der Waals surface area (Å²) in [5, 5.41) is 9.52. The number of nitrogens with zero attached hydrogens (tertiary/aromatic N) is 3. The van der Waals surface area contributed by atoms with Crippen molar-refractivity contribution < 1.29 is 51.3 Å². The molecular weight excluding hydrogens is 514 g/mol. The molecule has 0 atom stereocenters. The van der Waals surface area contributed by atoms with Crippen molar-refractivity contribution in [3.8, 4) is 17.9 Å². The van der Waals surface area contributed by atoms with Crippen molar-refractivity contribution in [1.82, 2.24) is 9.97 Å². The van der Waals surface area contributed by atoms with Crippen LogP contribution in [0.25, 0.3) is 21.8 Å². The minimum absolute atomic E-state index is 0. The Morgan fingerprint density at radius 1 is 0.710 bits per heavy atom. The number of fused-ring (bicyclic) bond motifs is 2. The van der Waals surface area contributed by atoms with Crippen LogP contribution in [0, 0.1) is 33.4 Å². The van der Waals surface area contributed by atoms with Crippen molar-refractivity contribution in [2.75, 3.05) is 0 Å². The van der Waals surface area contributed by atoms with Gasteiger partial charge in [-0.25, -0.2) is 18.6 Å². The van der Waals surface area contributed by atoms with Crippen molar-refractivity contribution in [1.29, 1.82) is 5.26 Å². The van der Waals surface area contributed by atoms with E-state index < -0.39 is 10.2 Å². The normalized spacial score (nSPS) is 9.55. The zero-order valence-electron chi connectivity index (χ0n) is 16.1. The van der Waals surface area contributed by atoms with E-state index in [1.54, 1.807) is 18.5 Å². The van der Waals surface area contributed by atoms with Gasteiger partial charge in [0.15, 0.2) is 0 Å². The molecule has 0 spiro atoms. The number of nitriles is 1. The molecular formula is C22H15AgClN3O4. The van der Waals surface area contributed by atoms with Gasteiger partial charge in [0.25, 0.3) is 0 Å². The quantitative estimate of drug-likeness (QED) is 0.230. The first-order valence-electron chi connectivity index (χ1n) is 8.45. The van der Waals surface area contributed by atoms with E-state index in [0.717, 1.165) is 32.9 Å². The Morgan fingerprint density at radius 2 is 1.03 bits per heavy atom. The maximum absolute atomic E-state index is 8.49. The second-order valence-electron chi connectivity index (χ2n) is 5.61. The molecule has 7 nitrogen and oxygen atoms in total. The third-order valence-corrected chi connectivity index (χ3v) is 3.60. The second-order valence-corrected chi connectivity index (χ2v) is 6.37. The molecule has 0 N–H and O–H groups in total. The van der Waals surface area contributed by atoms with Crippen molar-refractivity contribution in [3.05, 3.63) is 84.2 Å². The molecule has 0 saturated carbocycles. The number of aromatic nitrogens is 2. The number of para-hydroxylation sites is 2. The molecule has 4 rings (SSSR count). The Bertz CT molecular complexity index is 1140. The van der Waals surface area contributed by atoms with Gasteiger partial charge in [-0.05, 0) is 24.3 Å². The van der Waals surface area contributed by atoms with Crippen LogP contribution in [-0.4, -0.2) is 9.97 Å². The molecule has 31 heavy (non-hydrogen) atoms. The topological polar surface area (TPSA) is 142 Å². The molecule has 0 fully saturated rings. The van der Waals surface area contributed by atoms with E-state index in [-0.39, 0.29) is 22.4 Å². The predicted octanol–water partition coefficient (Wildman–Crippen LogP) is -0.0458. The minimum atomic E-state index is -4.94. The maximum Gasteiger partial charge on any atom is 1.00 e. The summed E-state index contributed by atoms with van der Waals surface area (Å²) in [6.07, 6.45) is 3.60. The fraction of sp³-hybridized carbons (Fsp3) is 0.0455. The van der Waals surface area contributed by atoms with Crippen molar-refractivity contribution in [2.24, 2.45) is 0 Å².